The quantitative estimate of drug-likeness (QED) is 0.508. The number of fused-ring (bicyclic) bond motifs is 2. The highest BCUT2D eigenvalue weighted by molar-refractivity contribution is 7.22. The van der Waals surface area contributed by atoms with E-state index in [1.165, 1.54) is 16.2 Å². The number of carbonyl (C=O) groups excluding carboxylic acids is 1. The van der Waals surface area contributed by atoms with E-state index in [0.29, 0.717) is 29.6 Å². The van der Waals surface area contributed by atoms with E-state index in [9.17, 15) is 4.79 Å². The van der Waals surface area contributed by atoms with Crippen LogP contribution < -0.4 is 14.5 Å². The van der Waals surface area contributed by atoms with Crippen molar-refractivity contribution in [1.82, 2.24) is 4.98 Å². The van der Waals surface area contributed by atoms with Crippen LogP contribution in [0.25, 0.3) is 21.2 Å². The van der Waals surface area contributed by atoms with E-state index >= 15 is 0 Å². The van der Waals surface area contributed by atoms with Crippen LogP contribution in [0.4, 0.5) is 5.13 Å². The van der Waals surface area contributed by atoms with Gasteiger partial charge in [0.25, 0.3) is 5.91 Å². The number of rotatable bonds is 7. The number of furan rings is 1. The predicted octanol–water partition coefficient (Wildman–Crippen LogP) is 3.23. The summed E-state index contributed by atoms with van der Waals surface area (Å²) in [5.74, 6) is 0.880. The molecule has 0 unspecified atom stereocenters. The molecule has 29 heavy (non-hydrogen) atoms. The number of carbonyl (C=O) groups is 1. The molecule has 0 aliphatic carbocycles. The largest absolute Gasteiger partial charge is 0.492 e. The Morgan fingerprint density at radius 2 is 2.03 bits per heavy atom. The Morgan fingerprint density at radius 1 is 1.21 bits per heavy atom. The molecule has 0 fully saturated rings. The van der Waals surface area contributed by atoms with Gasteiger partial charge in [0.1, 0.15) is 16.8 Å². The fourth-order valence-electron chi connectivity index (χ4n) is 3.14. The lowest BCUT2D eigenvalue weighted by atomic mass is 10.2. The molecule has 0 aliphatic heterocycles. The fraction of sp³-hybridized carbons (Fsp3) is 0.273. The van der Waals surface area contributed by atoms with Crippen LogP contribution in [0.5, 0.6) is 5.75 Å². The number of quaternary nitrogens is 1. The SMILES string of the molecule is CCOc1cccc2sc(N(CC[NH+](C)C)C(=O)c3cc4ccccc4o3)nc12. The van der Waals surface area contributed by atoms with Gasteiger partial charge in [0.15, 0.2) is 10.9 Å². The second-order valence-corrected chi connectivity index (χ2v) is 8.10. The number of nitrogens with one attached hydrogen (secondary N) is 1. The summed E-state index contributed by atoms with van der Waals surface area (Å²) < 4.78 is 12.5. The first kappa shape index (κ1) is 19.4. The molecule has 0 aliphatic rings. The third-order valence-corrected chi connectivity index (χ3v) is 5.66. The Morgan fingerprint density at radius 3 is 2.79 bits per heavy atom. The van der Waals surface area contributed by atoms with Crippen molar-refractivity contribution in [3.05, 3.63) is 54.3 Å². The highest BCUT2D eigenvalue weighted by Crippen LogP contribution is 2.35. The van der Waals surface area contributed by atoms with Crippen molar-refractivity contribution in [1.29, 1.82) is 0 Å². The molecule has 1 amide bonds. The van der Waals surface area contributed by atoms with Crippen LogP contribution >= 0.6 is 11.3 Å². The van der Waals surface area contributed by atoms with Crippen LogP contribution in [0, 0.1) is 0 Å². The summed E-state index contributed by atoms with van der Waals surface area (Å²) in [5.41, 5.74) is 1.49. The lowest BCUT2D eigenvalue weighted by Gasteiger charge is -2.19. The number of benzene rings is 2. The van der Waals surface area contributed by atoms with Crippen molar-refractivity contribution in [3.8, 4) is 5.75 Å². The molecule has 0 radical (unpaired) electrons. The zero-order valence-corrected chi connectivity index (χ0v) is 17.6. The van der Waals surface area contributed by atoms with Crippen molar-refractivity contribution in [2.24, 2.45) is 0 Å². The van der Waals surface area contributed by atoms with Gasteiger partial charge in [-0.15, -0.1) is 0 Å². The smallest absolute Gasteiger partial charge is 0.296 e. The monoisotopic (exact) mass is 410 g/mol. The summed E-state index contributed by atoms with van der Waals surface area (Å²) in [6.45, 7) is 3.85. The number of nitrogens with zero attached hydrogens (tertiary/aromatic N) is 2. The number of hydrogen-bond donors (Lipinski definition) is 1. The summed E-state index contributed by atoms with van der Waals surface area (Å²) in [5, 5.41) is 1.57. The van der Waals surface area contributed by atoms with Gasteiger partial charge in [-0.2, -0.15) is 0 Å². The molecule has 0 spiro atoms. The molecule has 7 heteroatoms. The van der Waals surface area contributed by atoms with E-state index in [2.05, 4.69) is 14.1 Å². The second-order valence-electron chi connectivity index (χ2n) is 7.09. The number of para-hydroxylation sites is 2. The summed E-state index contributed by atoms with van der Waals surface area (Å²) >= 11 is 1.49. The lowest BCUT2D eigenvalue weighted by Crippen LogP contribution is -3.06. The Hall–Kier alpha value is -2.90. The van der Waals surface area contributed by atoms with Crippen LogP contribution in [-0.2, 0) is 0 Å². The maximum atomic E-state index is 13.4. The summed E-state index contributed by atoms with van der Waals surface area (Å²) in [7, 11) is 4.13. The predicted molar refractivity (Wildman–Crippen MR) is 116 cm³/mol. The van der Waals surface area contributed by atoms with Gasteiger partial charge in [0, 0.05) is 5.39 Å². The molecule has 0 saturated heterocycles. The highest BCUT2D eigenvalue weighted by atomic mass is 32.1. The number of amides is 1. The molecular formula is C22H24N3O3S+. The molecule has 1 N–H and O–H groups in total. The maximum absolute atomic E-state index is 13.4. The number of likely N-dealkylation sites (N-methyl/N-ethyl adjacent to an activating group) is 1. The Labute approximate surface area is 173 Å². The lowest BCUT2D eigenvalue weighted by molar-refractivity contribution is -0.856. The van der Waals surface area contributed by atoms with E-state index in [1.807, 2.05) is 49.4 Å². The zero-order valence-electron chi connectivity index (χ0n) is 16.8. The fourth-order valence-corrected chi connectivity index (χ4v) is 4.15. The molecule has 2 aromatic heterocycles. The topological polar surface area (TPSA) is 60.0 Å². The van der Waals surface area contributed by atoms with Gasteiger partial charge in [-0.25, -0.2) is 4.98 Å². The van der Waals surface area contributed by atoms with Crippen molar-refractivity contribution < 1.29 is 18.8 Å². The van der Waals surface area contributed by atoms with Crippen LogP contribution in [0.2, 0.25) is 0 Å². The van der Waals surface area contributed by atoms with Crippen LogP contribution in [0.3, 0.4) is 0 Å². The molecule has 2 aromatic carbocycles. The van der Waals surface area contributed by atoms with Gasteiger partial charge >= 0.3 is 0 Å². The minimum absolute atomic E-state index is 0.181. The first-order valence-corrected chi connectivity index (χ1v) is 10.5. The summed E-state index contributed by atoms with van der Waals surface area (Å²) in [6, 6.07) is 15.3. The van der Waals surface area contributed by atoms with Gasteiger partial charge in [-0.3, -0.25) is 9.69 Å². The van der Waals surface area contributed by atoms with Crippen molar-refractivity contribution >= 4 is 43.6 Å². The van der Waals surface area contributed by atoms with E-state index < -0.39 is 0 Å². The molecule has 4 aromatic rings. The van der Waals surface area contributed by atoms with Crippen molar-refractivity contribution in [2.75, 3.05) is 38.7 Å². The number of aromatic nitrogens is 1. The van der Waals surface area contributed by atoms with E-state index in [0.717, 1.165) is 27.9 Å². The Bertz CT molecular complexity index is 1120. The second kappa shape index (κ2) is 8.23. The number of anilines is 1. The highest BCUT2D eigenvalue weighted by Gasteiger charge is 2.25. The zero-order chi connectivity index (χ0) is 20.4. The molecule has 0 bridgehead atoms. The first-order chi connectivity index (χ1) is 14.1. The van der Waals surface area contributed by atoms with Gasteiger partial charge < -0.3 is 14.1 Å². The molecule has 0 atom stereocenters. The summed E-state index contributed by atoms with van der Waals surface area (Å²) in [6.07, 6.45) is 0. The van der Waals surface area contributed by atoms with Crippen LogP contribution in [0.15, 0.2) is 52.9 Å². The Kier molecular flexibility index (Phi) is 5.51. The molecular weight excluding hydrogens is 386 g/mol. The molecule has 4 rings (SSSR count). The van der Waals surface area contributed by atoms with Crippen molar-refractivity contribution in [2.45, 2.75) is 6.92 Å². The molecule has 6 nitrogen and oxygen atoms in total. The van der Waals surface area contributed by atoms with E-state index in [4.69, 9.17) is 14.1 Å². The minimum atomic E-state index is -0.181. The maximum Gasteiger partial charge on any atom is 0.296 e. The van der Waals surface area contributed by atoms with Gasteiger partial charge in [0.2, 0.25) is 0 Å². The number of hydrogen-bond acceptors (Lipinski definition) is 5. The molecule has 150 valence electrons. The average molecular weight is 411 g/mol. The molecule has 0 saturated carbocycles. The van der Waals surface area contributed by atoms with Gasteiger partial charge in [0.05, 0.1) is 38.5 Å². The van der Waals surface area contributed by atoms with Crippen molar-refractivity contribution in [3.63, 3.8) is 0 Å². The van der Waals surface area contributed by atoms with E-state index in [1.54, 1.807) is 11.0 Å². The standard InChI is InChI=1S/C22H23N3O3S/c1-4-27-17-10-7-11-19-20(17)23-22(29-19)25(13-12-24(2)3)21(26)18-14-15-8-5-6-9-16(15)28-18/h5-11,14H,4,12-13H2,1-3H3/p+1. The van der Waals surface area contributed by atoms with Crippen LogP contribution in [0.1, 0.15) is 17.5 Å². The number of thiazole rings is 1. The van der Waals surface area contributed by atoms with E-state index in [-0.39, 0.29) is 5.91 Å². The number of ether oxygens (including phenoxy) is 1. The average Bonchev–Trinajstić information content (AvgIpc) is 3.32. The van der Waals surface area contributed by atoms with Crippen LogP contribution in [-0.4, -0.2) is 44.7 Å². The third-order valence-electron chi connectivity index (χ3n) is 4.62. The Balaban J connectivity index is 1.74. The molecule has 2 heterocycles. The van der Waals surface area contributed by atoms with Gasteiger partial charge in [-0.05, 0) is 31.2 Å². The minimum Gasteiger partial charge on any atom is -0.492 e. The summed E-state index contributed by atoms with van der Waals surface area (Å²) in [4.78, 5) is 21.1. The normalized spacial score (nSPS) is 11.4. The third kappa shape index (κ3) is 3.97. The van der Waals surface area contributed by atoms with Gasteiger partial charge in [-0.1, -0.05) is 35.6 Å². The first-order valence-electron chi connectivity index (χ1n) is 9.68.